The molecular weight excluding hydrogens is 499 g/mol. The second-order valence-electron chi connectivity index (χ2n) is 8.44. The molecular formula is C24H21ClF3N5O3. The highest BCUT2D eigenvalue weighted by Gasteiger charge is 2.41. The van der Waals surface area contributed by atoms with Gasteiger partial charge in [0.1, 0.15) is 6.04 Å². The van der Waals surface area contributed by atoms with Gasteiger partial charge in [0.25, 0.3) is 11.7 Å². The molecule has 188 valence electrons. The molecule has 3 heterocycles. The average Bonchev–Trinajstić information content (AvgIpc) is 3.11. The molecule has 0 aliphatic carbocycles. The van der Waals surface area contributed by atoms with Gasteiger partial charge in [-0.3, -0.25) is 4.79 Å². The number of carbonyl (C=O) groups is 1. The number of nitrogens with one attached hydrogen (secondary N) is 2. The van der Waals surface area contributed by atoms with Crippen molar-refractivity contribution in [1.29, 1.82) is 0 Å². The first-order chi connectivity index (χ1) is 17.1. The number of halogens is 4. The second kappa shape index (κ2) is 9.05. The maximum absolute atomic E-state index is 13.5. The van der Waals surface area contributed by atoms with E-state index in [0.717, 1.165) is 10.2 Å². The molecule has 8 nitrogen and oxygen atoms in total. The largest absolute Gasteiger partial charge is 0.490 e. The van der Waals surface area contributed by atoms with E-state index in [2.05, 4.69) is 20.7 Å². The summed E-state index contributed by atoms with van der Waals surface area (Å²) in [5, 5.41) is 9.76. The summed E-state index contributed by atoms with van der Waals surface area (Å²) in [6.45, 7) is 4.33. The van der Waals surface area contributed by atoms with Gasteiger partial charge in [0, 0.05) is 22.8 Å². The Morgan fingerprint density at radius 2 is 1.89 bits per heavy atom. The fourth-order valence-corrected chi connectivity index (χ4v) is 4.27. The monoisotopic (exact) mass is 519 g/mol. The van der Waals surface area contributed by atoms with Crippen molar-refractivity contribution in [2.24, 2.45) is 0 Å². The number of alkyl halides is 3. The lowest BCUT2D eigenvalue weighted by molar-refractivity contribution is -0.145. The lowest BCUT2D eigenvalue weighted by Gasteiger charge is -2.29. The Kier molecular flexibility index (Phi) is 6.03. The van der Waals surface area contributed by atoms with Crippen LogP contribution in [0.2, 0.25) is 5.02 Å². The number of benzene rings is 2. The summed E-state index contributed by atoms with van der Waals surface area (Å²) in [6, 6.07) is 9.02. The summed E-state index contributed by atoms with van der Waals surface area (Å²) in [7, 11) is 0. The molecule has 0 bridgehead atoms. The Bertz CT molecular complexity index is 1390. The minimum Gasteiger partial charge on any atom is -0.490 e. The molecule has 0 saturated carbocycles. The Balaban J connectivity index is 1.60. The summed E-state index contributed by atoms with van der Waals surface area (Å²) in [5.41, 5.74) is 2.24. The van der Waals surface area contributed by atoms with E-state index >= 15 is 0 Å². The predicted octanol–water partition coefficient (Wildman–Crippen LogP) is 5.35. The van der Waals surface area contributed by atoms with Gasteiger partial charge in [0.2, 0.25) is 5.95 Å². The highest BCUT2D eigenvalue weighted by Crippen LogP contribution is 2.41. The van der Waals surface area contributed by atoms with Crippen LogP contribution < -0.4 is 20.1 Å². The molecule has 1 aromatic heterocycles. The lowest BCUT2D eigenvalue weighted by atomic mass is 9.94. The number of aryl methyl sites for hydroxylation is 1. The van der Waals surface area contributed by atoms with Crippen LogP contribution in [-0.2, 0) is 11.0 Å². The topological polar surface area (TPSA) is 90.3 Å². The second-order valence-corrected chi connectivity index (χ2v) is 8.85. The van der Waals surface area contributed by atoms with Crippen molar-refractivity contribution in [2.45, 2.75) is 32.5 Å². The standard InChI is InChI=1S/C24H21ClF3N5O3/c1-12-4-6-15(11-16(12)25)30-21(34)19-13(2)29-23-31-22(24(26,27)28)32-33(23)20(19)14-5-7-17-18(10-14)36-9-3-8-35-17/h4-7,10-11,20H,3,8-9H2,1-2H3,(H,30,34)(H,29,31,32). The number of ether oxygens (including phenoxy) is 2. The maximum atomic E-state index is 13.5. The van der Waals surface area contributed by atoms with Crippen molar-refractivity contribution in [3.63, 3.8) is 0 Å². The van der Waals surface area contributed by atoms with E-state index in [9.17, 15) is 18.0 Å². The first-order valence-electron chi connectivity index (χ1n) is 11.1. The van der Waals surface area contributed by atoms with Crippen LogP contribution in [0.25, 0.3) is 0 Å². The van der Waals surface area contributed by atoms with Crippen molar-refractivity contribution in [3.8, 4) is 11.5 Å². The first-order valence-corrected chi connectivity index (χ1v) is 11.5. The predicted molar refractivity (Wildman–Crippen MR) is 126 cm³/mol. The smallest absolute Gasteiger partial charge is 0.453 e. The van der Waals surface area contributed by atoms with E-state index in [-0.39, 0.29) is 11.5 Å². The van der Waals surface area contributed by atoms with Gasteiger partial charge >= 0.3 is 6.18 Å². The summed E-state index contributed by atoms with van der Waals surface area (Å²) in [5.74, 6) is -1.03. The number of nitrogens with zero attached hydrogens (tertiary/aromatic N) is 3. The van der Waals surface area contributed by atoms with Gasteiger partial charge in [0.05, 0.1) is 18.8 Å². The highest BCUT2D eigenvalue weighted by atomic mass is 35.5. The summed E-state index contributed by atoms with van der Waals surface area (Å²) < 4.78 is 52.9. The number of anilines is 2. The summed E-state index contributed by atoms with van der Waals surface area (Å²) in [4.78, 5) is 17.1. The van der Waals surface area contributed by atoms with Crippen molar-refractivity contribution in [1.82, 2.24) is 14.8 Å². The quantitative estimate of drug-likeness (QED) is 0.485. The number of allylic oxidation sites excluding steroid dienone is 1. The van der Waals surface area contributed by atoms with Crippen molar-refractivity contribution in [2.75, 3.05) is 23.8 Å². The van der Waals surface area contributed by atoms with Gasteiger partial charge in [-0.15, -0.1) is 5.10 Å². The van der Waals surface area contributed by atoms with Gasteiger partial charge in [-0.05, 0) is 49.2 Å². The van der Waals surface area contributed by atoms with Crippen LogP contribution >= 0.6 is 11.6 Å². The van der Waals surface area contributed by atoms with E-state index < -0.39 is 23.9 Å². The average molecular weight is 520 g/mol. The van der Waals surface area contributed by atoms with Crippen molar-refractivity contribution < 1.29 is 27.4 Å². The SMILES string of the molecule is CC1=C(C(=O)Nc2ccc(C)c(Cl)c2)C(c2ccc3c(c2)OCCCO3)n2nc(C(F)(F)F)nc2N1. The Morgan fingerprint density at radius 3 is 2.61 bits per heavy atom. The molecule has 0 radical (unpaired) electrons. The van der Waals surface area contributed by atoms with E-state index in [1.54, 1.807) is 43.3 Å². The fraction of sp³-hybridized carbons (Fsp3) is 0.292. The molecule has 2 aliphatic rings. The minimum absolute atomic E-state index is 0.133. The molecule has 1 unspecified atom stereocenters. The van der Waals surface area contributed by atoms with Crippen LogP contribution in [0.3, 0.4) is 0 Å². The van der Waals surface area contributed by atoms with Gasteiger partial charge in [-0.1, -0.05) is 23.7 Å². The molecule has 0 spiro atoms. The third-order valence-electron chi connectivity index (χ3n) is 5.87. The first kappa shape index (κ1) is 24.0. The number of hydrogen-bond acceptors (Lipinski definition) is 6. The van der Waals surface area contributed by atoms with Gasteiger partial charge < -0.3 is 20.1 Å². The number of fused-ring (bicyclic) bond motifs is 2. The lowest BCUT2D eigenvalue weighted by Crippen LogP contribution is -2.31. The van der Waals surface area contributed by atoms with Gasteiger partial charge in [-0.25, -0.2) is 4.68 Å². The molecule has 2 N–H and O–H groups in total. The fourth-order valence-electron chi connectivity index (χ4n) is 4.09. The number of carbonyl (C=O) groups excluding carboxylic acids is 1. The van der Waals surface area contributed by atoms with E-state index in [4.69, 9.17) is 21.1 Å². The molecule has 1 atom stereocenters. The molecule has 0 saturated heterocycles. The molecule has 1 amide bonds. The maximum Gasteiger partial charge on any atom is 0.453 e. The zero-order valence-corrected chi connectivity index (χ0v) is 20.0. The van der Waals surface area contributed by atoms with Crippen molar-refractivity contribution in [3.05, 3.63) is 69.6 Å². The van der Waals surface area contributed by atoms with Crippen LogP contribution in [-0.4, -0.2) is 33.9 Å². The number of aromatic nitrogens is 3. The van der Waals surface area contributed by atoms with Crippen LogP contribution in [0.5, 0.6) is 11.5 Å². The normalized spacial score (nSPS) is 17.2. The Labute approximate surface area is 209 Å². The number of hydrogen-bond donors (Lipinski definition) is 2. The third-order valence-corrected chi connectivity index (χ3v) is 6.27. The Hall–Kier alpha value is -3.73. The highest BCUT2D eigenvalue weighted by molar-refractivity contribution is 6.31. The summed E-state index contributed by atoms with van der Waals surface area (Å²) in [6.07, 6.45) is -4.08. The van der Waals surface area contributed by atoms with Crippen molar-refractivity contribution >= 4 is 29.1 Å². The minimum atomic E-state index is -4.77. The van der Waals surface area contributed by atoms with Crippen LogP contribution in [0.15, 0.2) is 47.7 Å². The molecule has 0 fully saturated rings. The third kappa shape index (κ3) is 4.46. The number of amides is 1. The van der Waals surface area contributed by atoms with Gasteiger partial charge in [0.15, 0.2) is 11.5 Å². The van der Waals surface area contributed by atoms with E-state index in [1.807, 2.05) is 6.92 Å². The molecule has 5 rings (SSSR count). The molecule has 2 aromatic carbocycles. The van der Waals surface area contributed by atoms with Crippen LogP contribution in [0.1, 0.15) is 36.3 Å². The number of rotatable bonds is 3. The summed E-state index contributed by atoms with van der Waals surface area (Å²) >= 11 is 6.20. The van der Waals surface area contributed by atoms with Crippen LogP contribution in [0, 0.1) is 6.92 Å². The zero-order valence-electron chi connectivity index (χ0n) is 19.2. The molecule has 36 heavy (non-hydrogen) atoms. The zero-order chi connectivity index (χ0) is 25.6. The van der Waals surface area contributed by atoms with Crippen LogP contribution in [0.4, 0.5) is 24.8 Å². The van der Waals surface area contributed by atoms with E-state index in [0.29, 0.717) is 53.1 Å². The molecule has 12 heteroatoms. The Morgan fingerprint density at radius 1 is 1.14 bits per heavy atom. The molecule has 3 aromatic rings. The van der Waals surface area contributed by atoms with E-state index in [1.165, 1.54) is 0 Å². The molecule has 2 aliphatic heterocycles. The van der Waals surface area contributed by atoms with Gasteiger partial charge in [-0.2, -0.15) is 18.2 Å².